The van der Waals surface area contributed by atoms with Gasteiger partial charge in [-0.2, -0.15) is 0 Å². The number of hydrogen-bond donors (Lipinski definition) is 1. The van der Waals surface area contributed by atoms with Crippen LogP contribution in [0.5, 0.6) is 0 Å². The van der Waals surface area contributed by atoms with Gasteiger partial charge in [0, 0.05) is 0 Å². The molecule has 2 aromatic rings. The fraction of sp³-hybridized carbons (Fsp3) is 0.368. The van der Waals surface area contributed by atoms with Crippen LogP contribution in [0.1, 0.15) is 54.6 Å². The summed E-state index contributed by atoms with van der Waals surface area (Å²) < 4.78 is 0. The van der Waals surface area contributed by atoms with Crippen molar-refractivity contribution >= 4 is 0 Å². The Morgan fingerprint density at radius 2 is 1.65 bits per heavy atom. The average Bonchev–Trinajstić information content (AvgIpc) is 2.67. The molecule has 0 saturated heterocycles. The first-order valence-electron chi connectivity index (χ1n) is 7.31. The van der Waals surface area contributed by atoms with Crippen LogP contribution in [0.25, 0.3) is 11.1 Å². The van der Waals surface area contributed by atoms with Crippen molar-refractivity contribution in [3.05, 3.63) is 58.1 Å². The molecule has 1 heteroatoms. The van der Waals surface area contributed by atoms with Crippen LogP contribution in [-0.2, 0) is 5.41 Å². The second-order valence-corrected chi connectivity index (χ2v) is 7.00. The van der Waals surface area contributed by atoms with Crippen molar-refractivity contribution in [1.29, 1.82) is 0 Å². The van der Waals surface area contributed by atoms with Crippen molar-refractivity contribution < 1.29 is 0 Å². The molecule has 0 aliphatic heterocycles. The van der Waals surface area contributed by atoms with Crippen LogP contribution in [0.4, 0.5) is 0 Å². The predicted molar refractivity (Wildman–Crippen MR) is 86.1 cm³/mol. The summed E-state index contributed by atoms with van der Waals surface area (Å²) in [4.78, 5) is 0. The summed E-state index contributed by atoms with van der Waals surface area (Å²) in [6.45, 7) is 11.1. The van der Waals surface area contributed by atoms with Gasteiger partial charge >= 0.3 is 0 Å². The van der Waals surface area contributed by atoms with Crippen molar-refractivity contribution in [1.82, 2.24) is 0 Å². The van der Waals surface area contributed by atoms with E-state index in [9.17, 15) is 0 Å². The van der Waals surface area contributed by atoms with Crippen LogP contribution < -0.4 is 5.73 Å². The van der Waals surface area contributed by atoms with E-state index in [0.29, 0.717) is 0 Å². The largest absolute Gasteiger partial charge is 0.320 e. The maximum atomic E-state index is 6.49. The Balaban J connectivity index is 2.25. The maximum absolute atomic E-state index is 6.49. The fourth-order valence-electron chi connectivity index (χ4n) is 3.14. The normalized spacial score (nSPS) is 17.0. The van der Waals surface area contributed by atoms with Gasteiger partial charge in [-0.15, -0.1) is 0 Å². The summed E-state index contributed by atoms with van der Waals surface area (Å²) in [5.74, 6) is 0. The minimum absolute atomic E-state index is 0.0154. The van der Waals surface area contributed by atoms with Crippen molar-refractivity contribution in [2.75, 3.05) is 0 Å². The van der Waals surface area contributed by atoms with E-state index in [0.717, 1.165) is 0 Å². The zero-order chi connectivity index (χ0) is 14.7. The molecule has 0 saturated carbocycles. The van der Waals surface area contributed by atoms with Gasteiger partial charge in [-0.25, -0.2) is 0 Å². The molecule has 2 aromatic carbocycles. The van der Waals surface area contributed by atoms with Crippen molar-refractivity contribution in [3.8, 4) is 11.1 Å². The van der Waals surface area contributed by atoms with Gasteiger partial charge in [-0.3, -0.25) is 0 Å². The topological polar surface area (TPSA) is 26.0 Å². The second-order valence-electron chi connectivity index (χ2n) is 7.00. The lowest BCUT2D eigenvalue weighted by Gasteiger charge is -2.20. The molecule has 1 aliphatic carbocycles. The summed E-state index contributed by atoms with van der Waals surface area (Å²) in [6.07, 6.45) is 0. The van der Waals surface area contributed by atoms with E-state index in [1.165, 1.54) is 38.9 Å². The fourth-order valence-corrected chi connectivity index (χ4v) is 3.14. The molecule has 20 heavy (non-hydrogen) atoms. The van der Waals surface area contributed by atoms with Crippen LogP contribution >= 0.6 is 0 Å². The molecule has 0 fully saturated rings. The van der Waals surface area contributed by atoms with E-state index in [1.807, 2.05) is 0 Å². The molecule has 1 atom stereocenters. The van der Waals surface area contributed by atoms with Crippen LogP contribution in [0, 0.1) is 13.8 Å². The molecule has 0 amide bonds. The Labute approximate surface area is 121 Å². The van der Waals surface area contributed by atoms with Crippen molar-refractivity contribution in [2.24, 2.45) is 5.73 Å². The zero-order valence-electron chi connectivity index (χ0n) is 13.0. The quantitative estimate of drug-likeness (QED) is 0.738. The highest BCUT2D eigenvalue weighted by molar-refractivity contribution is 5.82. The predicted octanol–water partition coefficient (Wildman–Crippen LogP) is 4.63. The van der Waals surface area contributed by atoms with Gasteiger partial charge < -0.3 is 5.73 Å². The lowest BCUT2D eigenvalue weighted by atomic mass is 9.85. The summed E-state index contributed by atoms with van der Waals surface area (Å²) in [5, 5.41) is 0. The van der Waals surface area contributed by atoms with Gasteiger partial charge in [0.15, 0.2) is 0 Å². The monoisotopic (exact) mass is 265 g/mol. The SMILES string of the molecule is Cc1ccc2c(c1C)-c1ccc(C(C)(C)C)cc1C2N. The highest BCUT2D eigenvalue weighted by atomic mass is 14.7. The van der Waals surface area contributed by atoms with Crippen LogP contribution in [0.3, 0.4) is 0 Å². The van der Waals surface area contributed by atoms with Gasteiger partial charge in [0.2, 0.25) is 0 Å². The molecule has 104 valence electrons. The molecule has 3 rings (SSSR count). The third-order valence-electron chi connectivity index (χ3n) is 4.63. The number of fused-ring (bicyclic) bond motifs is 3. The average molecular weight is 265 g/mol. The Morgan fingerprint density at radius 3 is 2.30 bits per heavy atom. The molecular formula is C19H23N. The Hall–Kier alpha value is -1.60. The first-order valence-corrected chi connectivity index (χ1v) is 7.31. The number of benzene rings is 2. The number of nitrogens with two attached hydrogens (primary N) is 1. The van der Waals surface area contributed by atoms with Crippen LogP contribution in [0.2, 0.25) is 0 Å². The second kappa shape index (κ2) is 4.20. The molecule has 0 radical (unpaired) electrons. The first-order chi connectivity index (χ1) is 9.30. The van der Waals surface area contributed by atoms with E-state index in [-0.39, 0.29) is 11.5 Å². The van der Waals surface area contributed by atoms with E-state index >= 15 is 0 Å². The molecule has 2 N–H and O–H groups in total. The Bertz CT molecular complexity index is 690. The zero-order valence-corrected chi connectivity index (χ0v) is 13.0. The van der Waals surface area contributed by atoms with Crippen LogP contribution in [-0.4, -0.2) is 0 Å². The summed E-state index contributed by atoms with van der Waals surface area (Å²) in [5.41, 5.74) is 15.9. The number of hydrogen-bond acceptors (Lipinski definition) is 1. The van der Waals surface area contributed by atoms with Crippen molar-refractivity contribution in [3.63, 3.8) is 0 Å². The Morgan fingerprint density at radius 1 is 0.950 bits per heavy atom. The molecule has 0 bridgehead atoms. The molecule has 0 aromatic heterocycles. The van der Waals surface area contributed by atoms with E-state index in [4.69, 9.17) is 5.73 Å². The van der Waals surface area contributed by atoms with Crippen LogP contribution in [0.15, 0.2) is 30.3 Å². The summed E-state index contributed by atoms with van der Waals surface area (Å²) >= 11 is 0. The lowest BCUT2D eigenvalue weighted by Crippen LogP contribution is -2.13. The summed E-state index contributed by atoms with van der Waals surface area (Å²) in [6, 6.07) is 11.2. The van der Waals surface area contributed by atoms with E-state index in [1.54, 1.807) is 0 Å². The third kappa shape index (κ3) is 1.81. The summed E-state index contributed by atoms with van der Waals surface area (Å²) in [7, 11) is 0. The standard InChI is InChI=1S/C19H23N/c1-11-6-8-15-17(12(11)2)14-9-7-13(19(3,4)5)10-16(14)18(15)20/h6-10,18H,20H2,1-5H3. The van der Waals surface area contributed by atoms with Gasteiger partial charge in [0.05, 0.1) is 6.04 Å². The van der Waals surface area contributed by atoms with E-state index in [2.05, 4.69) is 65.0 Å². The molecule has 0 spiro atoms. The maximum Gasteiger partial charge on any atom is 0.0564 e. The minimum Gasteiger partial charge on any atom is -0.320 e. The van der Waals surface area contributed by atoms with E-state index < -0.39 is 0 Å². The number of rotatable bonds is 0. The van der Waals surface area contributed by atoms with Crippen molar-refractivity contribution in [2.45, 2.75) is 46.1 Å². The third-order valence-corrected chi connectivity index (χ3v) is 4.63. The highest BCUT2D eigenvalue weighted by Gasteiger charge is 2.29. The molecule has 1 aliphatic rings. The minimum atomic E-state index is 0.0154. The van der Waals surface area contributed by atoms with Gasteiger partial charge in [0.1, 0.15) is 0 Å². The molecule has 0 heterocycles. The lowest BCUT2D eigenvalue weighted by molar-refractivity contribution is 0.589. The van der Waals surface area contributed by atoms with Gasteiger partial charge in [0.25, 0.3) is 0 Å². The van der Waals surface area contributed by atoms with Gasteiger partial charge in [-0.05, 0) is 58.2 Å². The molecule has 1 nitrogen and oxygen atoms in total. The molecule has 1 unspecified atom stereocenters. The smallest absolute Gasteiger partial charge is 0.0564 e. The highest BCUT2D eigenvalue weighted by Crippen LogP contribution is 2.45. The van der Waals surface area contributed by atoms with Gasteiger partial charge in [-0.1, -0.05) is 51.1 Å². The number of aryl methyl sites for hydroxylation is 1. The Kier molecular flexibility index (Phi) is 2.81. The molecular weight excluding hydrogens is 242 g/mol. The first kappa shape index (κ1) is 13.4.